The van der Waals surface area contributed by atoms with Crippen LogP contribution in [0.3, 0.4) is 0 Å². The van der Waals surface area contributed by atoms with Crippen molar-refractivity contribution in [2.45, 2.75) is 75.3 Å². The van der Waals surface area contributed by atoms with Crippen molar-refractivity contribution in [3.63, 3.8) is 0 Å². The topological polar surface area (TPSA) is 58.4 Å². The van der Waals surface area contributed by atoms with Gasteiger partial charge in [-0.2, -0.15) is 0 Å². The summed E-state index contributed by atoms with van der Waals surface area (Å²) in [7, 11) is 0. The summed E-state index contributed by atoms with van der Waals surface area (Å²) in [6, 6.07) is 0. The Hall–Kier alpha value is -0.610. The predicted molar refractivity (Wildman–Crippen MR) is 80.4 cm³/mol. The fourth-order valence-electron chi connectivity index (χ4n) is 3.97. The molecule has 3 N–H and O–H groups in total. The highest BCUT2D eigenvalue weighted by Crippen LogP contribution is 2.36. The summed E-state index contributed by atoms with van der Waals surface area (Å²) < 4.78 is 0. The van der Waals surface area contributed by atoms with Crippen LogP contribution in [0.15, 0.2) is 0 Å². The number of hydrogen-bond donors (Lipinski definition) is 2. The Balaban J connectivity index is 1.63. The maximum atomic E-state index is 12.1. The first kappa shape index (κ1) is 14.3. The van der Waals surface area contributed by atoms with Gasteiger partial charge < -0.3 is 11.1 Å². The van der Waals surface area contributed by atoms with Crippen molar-refractivity contribution < 1.29 is 4.79 Å². The van der Waals surface area contributed by atoms with Crippen LogP contribution in [-0.2, 0) is 4.79 Å². The van der Waals surface area contributed by atoms with Gasteiger partial charge in [0.1, 0.15) is 0 Å². The van der Waals surface area contributed by atoms with Gasteiger partial charge in [-0.25, -0.2) is 0 Å². The number of piperidine rings is 1. The minimum atomic E-state index is -0.530. The van der Waals surface area contributed by atoms with Crippen LogP contribution in [0.25, 0.3) is 0 Å². The number of nitrogens with zero attached hydrogens (tertiary/aromatic N) is 1. The summed E-state index contributed by atoms with van der Waals surface area (Å²) in [6.45, 7) is 3.23. The number of carbonyl (C=O) groups is 1. The van der Waals surface area contributed by atoms with Gasteiger partial charge in [0, 0.05) is 12.1 Å². The third-order valence-corrected chi connectivity index (χ3v) is 5.63. The number of amides is 1. The summed E-state index contributed by atoms with van der Waals surface area (Å²) in [5.41, 5.74) is 5.69. The van der Waals surface area contributed by atoms with Gasteiger partial charge in [-0.05, 0) is 51.6 Å². The molecule has 0 bridgehead atoms. The van der Waals surface area contributed by atoms with Crippen LogP contribution >= 0.6 is 0 Å². The lowest BCUT2D eigenvalue weighted by atomic mass is 9.79. The van der Waals surface area contributed by atoms with Gasteiger partial charge in [0.2, 0.25) is 5.91 Å². The average molecular weight is 279 g/mol. The number of rotatable bonds is 4. The molecule has 0 aromatic heterocycles. The van der Waals surface area contributed by atoms with E-state index in [1.54, 1.807) is 0 Å². The standard InChI is InChI=1S/C16H29N3O/c17-16(9-10-16)14(20)18-13-15(7-3-1-4-8-15)19-11-5-2-6-12-19/h1-13,17H2,(H,18,20). The molecule has 2 aliphatic carbocycles. The fraction of sp³-hybridized carbons (Fsp3) is 0.938. The maximum Gasteiger partial charge on any atom is 0.240 e. The third kappa shape index (κ3) is 2.86. The Bertz CT molecular complexity index is 353. The summed E-state index contributed by atoms with van der Waals surface area (Å²) >= 11 is 0. The molecule has 0 aromatic rings. The molecule has 1 heterocycles. The van der Waals surface area contributed by atoms with Crippen molar-refractivity contribution in [2.75, 3.05) is 19.6 Å². The zero-order valence-electron chi connectivity index (χ0n) is 12.6. The summed E-state index contributed by atoms with van der Waals surface area (Å²) in [5.74, 6) is 0.0828. The van der Waals surface area contributed by atoms with E-state index in [-0.39, 0.29) is 11.4 Å². The largest absolute Gasteiger partial charge is 0.353 e. The molecule has 0 atom stereocenters. The molecule has 1 amide bonds. The van der Waals surface area contributed by atoms with E-state index in [0.717, 1.165) is 19.4 Å². The number of hydrogen-bond acceptors (Lipinski definition) is 3. The van der Waals surface area contributed by atoms with Gasteiger partial charge in [0.15, 0.2) is 0 Å². The summed E-state index contributed by atoms with van der Waals surface area (Å²) in [6.07, 6.45) is 12.2. The van der Waals surface area contributed by atoms with Gasteiger partial charge in [-0.3, -0.25) is 9.69 Å². The number of nitrogens with two attached hydrogens (primary N) is 1. The molecule has 4 heteroatoms. The second kappa shape index (κ2) is 5.64. The van der Waals surface area contributed by atoms with Crippen LogP contribution in [0.2, 0.25) is 0 Å². The van der Waals surface area contributed by atoms with Crippen molar-refractivity contribution in [1.29, 1.82) is 0 Å². The lowest BCUT2D eigenvalue weighted by molar-refractivity contribution is -0.124. The maximum absolute atomic E-state index is 12.1. The number of carbonyl (C=O) groups excluding carboxylic acids is 1. The Morgan fingerprint density at radius 1 is 0.950 bits per heavy atom. The van der Waals surface area contributed by atoms with Crippen LogP contribution < -0.4 is 11.1 Å². The van der Waals surface area contributed by atoms with E-state index in [2.05, 4.69) is 10.2 Å². The monoisotopic (exact) mass is 279 g/mol. The molecule has 2 saturated carbocycles. The van der Waals surface area contributed by atoms with E-state index in [4.69, 9.17) is 5.73 Å². The zero-order chi connectivity index (χ0) is 14.1. The van der Waals surface area contributed by atoms with Crippen molar-refractivity contribution in [2.24, 2.45) is 5.73 Å². The Morgan fingerprint density at radius 3 is 2.15 bits per heavy atom. The highest BCUT2D eigenvalue weighted by Gasteiger charge is 2.47. The average Bonchev–Trinajstić information content (AvgIpc) is 3.26. The lowest BCUT2D eigenvalue weighted by Gasteiger charge is -2.48. The summed E-state index contributed by atoms with van der Waals surface area (Å²) in [5, 5.41) is 3.19. The lowest BCUT2D eigenvalue weighted by Crippen LogP contribution is -2.59. The molecule has 3 aliphatic rings. The smallest absolute Gasteiger partial charge is 0.240 e. The van der Waals surface area contributed by atoms with Crippen molar-refractivity contribution in [3.05, 3.63) is 0 Å². The zero-order valence-corrected chi connectivity index (χ0v) is 12.6. The quantitative estimate of drug-likeness (QED) is 0.825. The second-order valence-corrected chi connectivity index (χ2v) is 7.17. The van der Waals surface area contributed by atoms with Crippen LogP contribution in [0, 0.1) is 0 Å². The van der Waals surface area contributed by atoms with E-state index in [1.165, 1.54) is 64.5 Å². The minimum absolute atomic E-state index is 0.0828. The molecule has 114 valence electrons. The third-order valence-electron chi connectivity index (χ3n) is 5.63. The first-order valence-corrected chi connectivity index (χ1v) is 8.47. The van der Waals surface area contributed by atoms with E-state index < -0.39 is 5.54 Å². The fourth-order valence-corrected chi connectivity index (χ4v) is 3.97. The molecule has 0 aromatic carbocycles. The molecule has 1 aliphatic heterocycles. The van der Waals surface area contributed by atoms with Gasteiger partial charge in [-0.15, -0.1) is 0 Å². The van der Waals surface area contributed by atoms with Crippen molar-refractivity contribution in [1.82, 2.24) is 10.2 Å². The molecule has 3 fully saturated rings. The van der Waals surface area contributed by atoms with Crippen LogP contribution in [0.4, 0.5) is 0 Å². The first-order chi connectivity index (χ1) is 9.65. The molecule has 0 spiro atoms. The Morgan fingerprint density at radius 2 is 1.55 bits per heavy atom. The predicted octanol–water partition coefficient (Wildman–Crippen LogP) is 1.78. The van der Waals surface area contributed by atoms with E-state index in [9.17, 15) is 4.79 Å². The number of likely N-dealkylation sites (tertiary alicyclic amines) is 1. The van der Waals surface area contributed by atoms with E-state index in [0.29, 0.717) is 0 Å². The molecule has 3 rings (SSSR count). The summed E-state index contributed by atoms with van der Waals surface area (Å²) in [4.78, 5) is 14.8. The SMILES string of the molecule is NC1(C(=O)NCC2(N3CCCCC3)CCCCC2)CC1. The Labute approximate surface area is 122 Å². The molecule has 0 unspecified atom stereocenters. The van der Waals surface area contributed by atoms with Crippen molar-refractivity contribution >= 4 is 5.91 Å². The van der Waals surface area contributed by atoms with E-state index in [1.807, 2.05) is 0 Å². The molecule has 20 heavy (non-hydrogen) atoms. The van der Waals surface area contributed by atoms with Crippen LogP contribution in [0.1, 0.15) is 64.2 Å². The molecule has 4 nitrogen and oxygen atoms in total. The van der Waals surface area contributed by atoms with Gasteiger partial charge in [-0.1, -0.05) is 25.7 Å². The highest BCUT2D eigenvalue weighted by molar-refractivity contribution is 5.89. The second-order valence-electron chi connectivity index (χ2n) is 7.17. The highest BCUT2D eigenvalue weighted by atomic mass is 16.2. The van der Waals surface area contributed by atoms with E-state index >= 15 is 0 Å². The molecule has 0 radical (unpaired) electrons. The molecule has 1 saturated heterocycles. The van der Waals surface area contributed by atoms with Crippen molar-refractivity contribution in [3.8, 4) is 0 Å². The Kier molecular flexibility index (Phi) is 4.04. The normalized spacial score (nSPS) is 28.9. The first-order valence-electron chi connectivity index (χ1n) is 8.47. The molecular weight excluding hydrogens is 250 g/mol. The van der Waals surface area contributed by atoms with Gasteiger partial charge >= 0.3 is 0 Å². The minimum Gasteiger partial charge on any atom is -0.353 e. The van der Waals surface area contributed by atoms with Gasteiger partial charge in [0.25, 0.3) is 0 Å². The van der Waals surface area contributed by atoms with Crippen LogP contribution in [0.5, 0.6) is 0 Å². The number of nitrogens with one attached hydrogen (secondary N) is 1. The van der Waals surface area contributed by atoms with Crippen LogP contribution in [-0.4, -0.2) is 41.5 Å². The molecular formula is C16H29N3O. The van der Waals surface area contributed by atoms with Gasteiger partial charge in [0.05, 0.1) is 5.54 Å².